The van der Waals surface area contributed by atoms with Crippen molar-refractivity contribution in [3.63, 3.8) is 0 Å². The van der Waals surface area contributed by atoms with Crippen LogP contribution in [0.1, 0.15) is 5.56 Å². The molecule has 62 heavy (non-hydrogen) atoms. The Morgan fingerprint density at radius 1 is 0.258 bits per heavy atom. The van der Waals surface area contributed by atoms with Crippen LogP contribution in [0.5, 0.6) is 0 Å². The van der Waals surface area contributed by atoms with Crippen molar-refractivity contribution in [2.24, 2.45) is 0 Å². The molecular formula is C61H35F. The summed E-state index contributed by atoms with van der Waals surface area (Å²) in [5, 5.41) is 12.6. The van der Waals surface area contributed by atoms with Gasteiger partial charge in [0.25, 0.3) is 0 Å². The van der Waals surface area contributed by atoms with Gasteiger partial charge in [-0.05, 0) is 162 Å². The third-order valence-corrected chi connectivity index (χ3v) is 14.0. The Balaban J connectivity index is 1.11. The number of fused-ring (bicyclic) bond motifs is 9. The molecule has 0 heterocycles. The molecule has 12 aromatic rings. The summed E-state index contributed by atoms with van der Waals surface area (Å²) in [5.74, 6) is -0.231. The monoisotopic (exact) mass is 786 g/mol. The van der Waals surface area contributed by atoms with Gasteiger partial charge in [0.1, 0.15) is 5.82 Å². The van der Waals surface area contributed by atoms with E-state index in [1.54, 1.807) is 12.1 Å². The molecule has 0 fully saturated rings. The van der Waals surface area contributed by atoms with Gasteiger partial charge in [-0.25, -0.2) is 4.39 Å². The summed E-state index contributed by atoms with van der Waals surface area (Å²) < 4.78 is 15.2. The van der Waals surface area contributed by atoms with E-state index < -0.39 is 0 Å². The molecule has 0 amide bonds. The molecule has 0 spiro atoms. The quantitative estimate of drug-likeness (QED) is 0.123. The molecule has 0 aromatic heterocycles. The van der Waals surface area contributed by atoms with Gasteiger partial charge in [-0.1, -0.05) is 188 Å². The fourth-order valence-electron chi connectivity index (χ4n) is 11.6. The van der Waals surface area contributed by atoms with E-state index in [0.717, 1.165) is 16.5 Å². The lowest BCUT2D eigenvalue weighted by Crippen LogP contribution is -1.93. The summed E-state index contributed by atoms with van der Waals surface area (Å²) in [6.07, 6.45) is 0. The molecule has 0 aliphatic heterocycles. The van der Waals surface area contributed by atoms with E-state index in [-0.39, 0.29) is 5.82 Å². The number of aryl methyl sites for hydroxylation is 1. The minimum Gasteiger partial charge on any atom is -0.207 e. The summed E-state index contributed by atoms with van der Waals surface area (Å²) >= 11 is 0. The molecule has 0 nitrogen and oxygen atoms in total. The molecule has 0 bridgehead atoms. The van der Waals surface area contributed by atoms with Gasteiger partial charge >= 0.3 is 0 Å². The molecule has 0 N–H and O–H groups in total. The van der Waals surface area contributed by atoms with Crippen molar-refractivity contribution < 1.29 is 4.39 Å². The lowest BCUT2D eigenvalue weighted by molar-refractivity contribution is 0.628. The highest BCUT2D eigenvalue weighted by Gasteiger charge is 2.34. The molecule has 2 aliphatic rings. The lowest BCUT2D eigenvalue weighted by atomic mass is 9.82. The Morgan fingerprint density at radius 3 is 1.21 bits per heavy atom. The van der Waals surface area contributed by atoms with E-state index in [0.29, 0.717) is 0 Å². The van der Waals surface area contributed by atoms with Crippen LogP contribution in [-0.2, 0) is 0 Å². The molecule has 0 atom stereocenters. The first kappa shape index (κ1) is 33.9. The average molecular weight is 787 g/mol. The summed E-state index contributed by atoms with van der Waals surface area (Å²) in [5.41, 5.74) is 20.7. The number of rotatable bonds is 4. The Bertz CT molecular complexity index is 3890. The zero-order valence-electron chi connectivity index (χ0n) is 33.9. The molecule has 14 rings (SSSR count). The molecule has 0 saturated heterocycles. The van der Waals surface area contributed by atoms with Crippen LogP contribution in [0.4, 0.5) is 4.39 Å². The largest absolute Gasteiger partial charge is 0.207 e. The van der Waals surface area contributed by atoms with Crippen LogP contribution in [-0.4, -0.2) is 0 Å². The third-order valence-electron chi connectivity index (χ3n) is 14.0. The molecule has 0 radical (unpaired) electrons. The van der Waals surface area contributed by atoms with Gasteiger partial charge in [-0.3, -0.25) is 0 Å². The van der Waals surface area contributed by atoms with Crippen molar-refractivity contribution in [2.75, 3.05) is 0 Å². The second-order valence-corrected chi connectivity index (χ2v) is 17.2. The Hall–Kier alpha value is -7.87. The van der Waals surface area contributed by atoms with Crippen LogP contribution >= 0.6 is 0 Å². The SMILES string of the molecule is Cc1cccc(-c2ccc(-c3ccccc3)c3c2-c2ccc4c5ccc6c7c(ccc(c8ccc-3c2c84)c75)-c2c-6c(-c3cccc(F)c3)c3ccccc3c2-c2ccccc2)c1. The Morgan fingerprint density at radius 2 is 0.677 bits per heavy atom. The summed E-state index contributed by atoms with van der Waals surface area (Å²) in [6.45, 7) is 2.18. The highest BCUT2D eigenvalue weighted by atomic mass is 19.1. The van der Waals surface area contributed by atoms with E-state index >= 15 is 4.39 Å². The second kappa shape index (κ2) is 12.3. The normalized spacial score (nSPS) is 12.4. The van der Waals surface area contributed by atoms with Crippen molar-refractivity contribution in [2.45, 2.75) is 6.92 Å². The van der Waals surface area contributed by atoms with Crippen molar-refractivity contribution in [1.29, 1.82) is 0 Å². The predicted octanol–water partition coefficient (Wildman–Crippen LogP) is 17.3. The molecule has 0 saturated carbocycles. The van der Waals surface area contributed by atoms with Crippen LogP contribution in [0, 0.1) is 12.7 Å². The van der Waals surface area contributed by atoms with Crippen LogP contribution in [0.2, 0.25) is 0 Å². The standard InChI is InChI=1S/C61H35F/c1-34-12-10-17-37(32-34)41-23-22-40(35-13-4-2-5-14-35)54-48-28-24-44-46-26-30-50-59-51(31-27-47(57(46)59)45-25-29-49(55(41)54)58(48)56(44)45)61-53(38-18-11-19-39(62)33-38)43-21-9-8-20-42(43)52(60(50)61)36-15-6-3-7-16-36/h2-33H,1H3. The van der Waals surface area contributed by atoms with E-state index in [4.69, 9.17) is 0 Å². The maximum absolute atomic E-state index is 15.2. The zero-order chi connectivity index (χ0) is 40.8. The third kappa shape index (κ3) is 4.39. The first-order valence-corrected chi connectivity index (χ1v) is 21.5. The van der Waals surface area contributed by atoms with E-state index in [9.17, 15) is 0 Å². The molecular weight excluding hydrogens is 752 g/mol. The lowest BCUT2D eigenvalue weighted by Gasteiger charge is -2.20. The fourth-order valence-corrected chi connectivity index (χ4v) is 11.6. The fraction of sp³-hybridized carbons (Fsp3) is 0.0164. The summed E-state index contributed by atoms with van der Waals surface area (Å²) in [4.78, 5) is 0. The molecule has 2 aliphatic carbocycles. The van der Waals surface area contributed by atoms with Crippen LogP contribution in [0.15, 0.2) is 194 Å². The number of hydrogen-bond acceptors (Lipinski definition) is 0. The smallest absolute Gasteiger partial charge is 0.123 e. The van der Waals surface area contributed by atoms with E-state index in [1.807, 2.05) is 6.07 Å². The topological polar surface area (TPSA) is 0 Å². The number of benzene rings is 12. The van der Waals surface area contributed by atoms with Gasteiger partial charge in [0.2, 0.25) is 0 Å². The first-order chi connectivity index (χ1) is 30.6. The van der Waals surface area contributed by atoms with Gasteiger partial charge in [0.15, 0.2) is 0 Å². The number of halogens is 1. The Kier molecular flexibility index (Phi) is 6.75. The maximum Gasteiger partial charge on any atom is 0.123 e. The summed E-state index contributed by atoms with van der Waals surface area (Å²) in [7, 11) is 0. The summed E-state index contributed by atoms with van der Waals surface area (Å²) in [6, 6.07) is 70.2. The van der Waals surface area contributed by atoms with Crippen molar-refractivity contribution >= 4 is 53.9 Å². The van der Waals surface area contributed by atoms with E-state index in [2.05, 4.69) is 183 Å². The average Bonchev–Trinajstić information content (AvgIpc) is 3.84. The molecule has 286 valence electrons. The first-order valence-electron chi connectivity index (χ1n) is 21.5. The molecule has 1 heteroatoms. The molecule has 0 unspecified atom stereocenters. The van der Waals surface area contributed by atoms with Gasteiger partial charge in [0.05, 0.1) is 0 Å². The number of hydrogen-bond donors (Lipinski definition) is 0. The van der Waals surface area contributed by atoms with Crippen LogP contribution in [0.25, 0.3) is 143 Å². The predicted molar refractivity (Wildman–Crippen MR) is 260 cm³/mol. The van der Waals surface area contributed by atoms with E-state index in [1.165, 1.54) is 132 Å². The van der Waals surface area contributed by atoms with Crippen molar-refractivity contribution in [1.82, 2.24) is 0 Å². The highest BCUT2D eigenvalue weighted by molar-refractivity contribution is 6.41. The minimum absolute atomic E-state index is 0.231. The Labute approximate surface area is 358 Å². The zero-order valence-corrected chi connectivity index (χ0v) is 33.9. The van der Waals surface area contributed by atoms with Gasteiger partial charge in [-0.2, -0.15) is 0 Å². The van der Waals surface area contributed by atoms with Crippen LogP contribution < -0.4 is 0 Å². The van der Waals surface area contributed by atoms with Gasteiger partial charge < -0.3 is 0 Å². The van der Waals surface area contributed by atoms with Crippen LogP contribution in [0.3, 0.4) is 0 Å². The van der Waals surface area contributed by atoms with Crippen molar-refractivity contribution in [3.8, 4) is 89.0 Å². The highest BCUT2D eigenvalue weighted by Crippen LogP contribution is 2.61. The van der Waals surface area contributed by atoms with Crippen molar-refractivity contribution in [3.05, 3.63) is 206 Å². The second-order valence-electron chi connectivity index (χ2n) is 17.2. The van der Waals surface area contributed by atoms with Gasteiger partial charge in [-0.15, -0.1) is 0 Å². The van der Waals surface area contributed by atoms with Gasteiger partial charge in [0, 0.05) is 0 Å². The minimum atomic E-state index is -0.231. The maximum atomic E-state index is 15.2. The molecule has 12 aromatic carbocycles.